The molecule has 0 saturated carbocycles. The predicted molar refractivity (Wildman–Crippen MR) is 59.7 cm³/mol. The lowest BCUT2D eigenvalue weighted by Crippen LogP contribution is -2.06. The summed E-state index contributed by atoms with van der Waals surface area (Å²) < 4.78 is 0. The highest BCUT2D eigenvalue weighted by molar-refractivity contribution is 7.81. The summed E-state index contributed by atoms with van der Waals surface area (Å²) in [7, 11) is 0. The molecule has 1 aromatic rings. The van der Waals surface area contributed by atoms with Crippen LogP contribution in [0.25, 0.3) is 0 Å². The average molecular weight is 210 g/mol. The van der Waals surface area contributed by atoms with E-state index in [0.29, 0.717) is 6.42 Å². The van der Waals surface area contributed by atoms with Crippen molar-refractivity contribution in [3.63, 3.8) is 0 Å². The third-order valence-electron chi connectivity index (χ3n) is 2.29. The van der Waals surface area contributed by atoms with Crippen LogP contribution in [-0.2, 0) is 17.8 Å². The molecule has 1 aromatic carbocycles. The number of ketones is 1. The van der Waals surface area contributed by atoms with Crippen LogP contribution in [0.4, 0.5) is 0 Å². The molecule has 0 heterocycles. The zero-order chi connectivity index (χ0) is 10.6. The molecule has 0 aliphatic rings. The summed E-state index contributed by atoms with van der Waals surface area (Å²) in [6, 6.07) is 5.64. The molecule has 0 bridgehead atoms. The molecule has 3 heteroatoms. The van der Waals surface area contributed by atoms with Crippen molar-refractivity contribution in [2.45, 2.75) is 20.0 Å². The first-order valence-corrected chi connectivity index (χ1v) is 5.13. The molecule has 0 aliphatic carbocycles. The number of aliphatic hydroxyl groups is 1. The quantitative estimate of drug-likeness (QED) is 0.739. The number of hydrogen-bond donors (Lipinski definition) is 2. The zero-order valence-electron chi connectivity index (χ0n) is 8.16. The van der Waals surface area contributed by atoms with Crippen LogP contribution in [0.1, 0.15) is 16.7 Å². The van der Waals surface area contributed by atoms with E-state index in [1.807, 2.05) is 25.1 Å². The monoisotopic (exact) mass is 210 g/mol. The Kier molecular flexibility index (Phi) is 4.17. The van der Waals surface area contributed by atoms with Gasteiger partial charge in [0, 0.05) is 12.2 Å². The van der Waals surface area contributed by atoms with Gasteiger partial charge in [-0.15, -0.1) is 0 Å². The first-order valence-electron chi connectivity index (χ1n) is 4.49. The highest BCUT2D eigenvalue weighted by Gasteiger charge is 2.06. The smallest absolute Gasteiger partial charge is 0.146 e. The van der Waals surface area contributed by atoms with Gasteiger partial charge in [-0.3, -0.25) is 4.79 Å². The van der Waals surface area contributed by atoms with Crippen LogP contribution in [0.5, 0.6) is 0 Å². The third kappa shape index (κ3) is 2.59. The molecule has 0 fully saturated rings. The molecule has 0 amide bonds. The third-order valence-corrected chi connectivity index (χ3v) is 2.65. The molecule has 2 nitrogen and oxygen atoms in total. The summed E-state index contributed by atoms with van der Waals surface area (Å²) in [5.74, 6) is 0.370. The molecule has 1 rings (SSSR count). The van der Waals surface area contributed by atoms with E-state index >= 15 is 0 Å². The Morgan fingerprint density at radius 3 is 2.64 bits per heavy atom. The zero-order valence-corrected chi connectivity index (χ0v) is 9.05. The SMILES string of the molecule is Cc1c(CO)cccc1CC(=O)CS. The van der Waals surface area contributed by atoms with E-state index in [4.69, 9.17) is 5.11 Å². The highest BCUT2D eigenvalue weighted by Crippen LogP contribution is 2.14. The van der Waals surface area contributed by atoms with E-state index in [-0.39, 0.29) is 18.1 Å². The van der Waals surface area contributed by atoms with Crippen molar-refractivity contribution in [1.82, 2.24) is 0 Å². The van der Waals surface area contributed by atoms with Gasteiger partial charge in [0.2, 0.25) is 0 Å². The van der Waals surface area contributed by atoms with Crippen molar-refractivity contribution in [1.29, 1.82) is 0 Å². The van der Waals surface area contributed by atoms with Gasteiger partial charge in [0.15, 0.2) is 0 Å². The first kappa shape index (κ1) is 11.3. The van der Waals surface area contributed by atoms with Crippen LogP contribution in [-0.4, -0.2) is 16.6 Å². The second-order valence-corrected chi connectivity index (χ2v) is 3.55. The minimum absolute atomic E-state index is 0.0226. The second kappa shape index (κ2) is 5.17. The molecule has 14 heavy (non-hydrogen) atoms. The highest BCUT2D eigenvalue weighted by atomic mass is 32.1. The molecule has 0 atom stereocenters. The lowest BCUT2D eigenvalue weighted by Gasteiger charge is -2.08. The van der Waals surface area contributed by atoms with Crippen molar-refractivity contribution in [2.75, 3.05) is 5.75 Å². The molecule has 0 spiro atoms. The average Bonchev–Trinajstić information content (AvgIpc) is 2.21. The number of Topliss-reactive ketones (excluding diaryl/α,β-unsaturated/α-hetero) is 1. The summed E-state index contributed by atoms with van der Waals surface area (Å²) >= 11 is 3.93. The lowest BCUT2D eigenvalue weighted by atomic mass is 9.99. The Hall–Kier alpha value is -0.800. The fourth-order valence-electron chi connectivity index (χ4n) is 1.37. The van der Waals surface area contributed by atoms with Crippen molar-refractivity contribution >= 4 is 18.4 Å². The van der Waals surface area contributed by atoms with Crippen molar-refractivity contribution < 1.29 is 9.90 Å². The van der Waals surface area contributed by atoms with E-state index in [9.17, 15) is 4.79 Å². The molecular weight excluding hydrogens is 196 g/mol. The Morgan fingerprint density at radius 1 is 1.43 bits per heavy atom. The van der Waals surface area contributed by atoms with Crippen LogP contribution in [0.3, 0.4) is 0 Å². The molecule has 0 saturated heterocycles. The number of carbonyl (C=O) groups excluding carboxylic acids is 1. The number of benzene rings is 1. The van der Waals surface area contributed by atoms with E-state index in [1.54, 1.807) is 0 Å². The standard InChI is InChI=1S/C11H14O2S/c1-8-9(5-11(13)7-14)3-2-4-10(8)6-12/h2-4,12,14H,5-7H2,1H3. The summed E-state index contributed by atoms with van der Waals surface area (Å²) in [5, 5.41) is 9.03. The van der Waals surface area contributed by atoms with Gasteiger partial charge in [0.1, 0.15) is 5.78 Å². The fourth-order valence-corrected chi connectivity index (χ4v) is 1.48. The topological polar surface area (TPSA) is 37.3 Å². The number of rotatable bonds is 4. The summed E-state index contributed by atoms with van der Waals surface area (Å²) in [6.07, 6.45) is 0.406. The number of thiol groups is 1. The van der Waals surface area contributed by atoms with Crippen LogP contribution in [0.2, 0.25) is 0 Å². The molecule has 0 unspecified atom stereocenters. The van der Waals surface area contributed by atoms with Crippen LogP contribution < -0.4 is 0 Å². The Labute approximate surface area is 89.4 Å². The van der Waals surface area contributed by atoms with E-state index in [0.717, 1.165) is 16.7 Å². The predicted octanol–water partition coefficient (Wildman–Crippen LogP) is 1.53. The molecule has 1 N–H and O–H groups in total. The van der Waals surface area contributed by atoms with Crippen LogP contribution in [0.15, 0.2) is 18.2 Å². The molecule has 0 aromatic heterocycles. The largest absolute Gasteiger partial charge is 0.392 e. The maximum Gasteiger partial charge on any atom is 0.146 e. The second-order valence-electron chi connectivity index (χ2n) is 3.23. The number of aliphatic hydroxyl groups excluding tert-OH is 1. The lowest BCUT2D eigenvalue weighted by molar-refractivity contribution is -0.115. The van der Waals surface area contributed by atoms with Gasteiger partial charge >= 0.3 is 0 Å². The normalized spacial score (nSPS) is 10.2. The summed E-state index contributed by atoms with van der Waals surface area (Å²) in [6.45, 7) is 1.95. The first-order chi connectivity index (χ1) is 6.69. The van der Waals surface area contributed by atoms with Gasteiger partial charge in [0.25, 0.3) is 0 Å². The fraction of sp³-hybridized carbons (Fsp3) is 0.364. The van der Waals surface area contributed by atoms with E-state index < -0.39 is 0 Å². The van der Waals surface area contributed by atoms with Crippen LogP contribution >= 0.6 is 12.6 Å². The van der Waals surface area contributed by atoms with Crippen molar-refractivity contribution in [2.24, 2.45) is 0 Å². The Morgan fingerprint density at radius 2 is 2.07 bits per heavy atom. The molecule has 0 radical (unpaired) electrons. The molecular formula is C11H14O2S. The van der Waals surface area contributed by atoms with E-state index in [1.165, 1.54) is 0 Å². The molecule has 0 aliphatic heterocycles. The van der Waals surface area contributed by atoms with Gasteiger partial charge in [-0.05, 0) is 23.6 Å². The minimum atomic E-state index is 0.0226. The Balaban J connectivity index is 2.92. The number of carbonyl (C=O) groups is 1. The van der Waals surface area contributed by atoms with Gasteiger partial charge in [-0.25, -0.2) is 0 Å². The van der Waals surface area contributed by atoms with Gasteiger partial charge in [0.05, 0.1) is 6.61 Å². The van der Waals surface area contributed by atoms with Crippen molar-refractivity contribution in [3.05, 3.63) is 34.9 Å². The summed E-state index contributed by atoms with van der Waals surface area (Å²) in [4.78, 5) is 11.2. The van der Waals surface area contributed by atoms with Crippen molar-refractivity contribution in [3.8, 4) is 0 Å². The maximum absolute atomic E-state index is 11.2. The molecule has 76 valence electrons. The van der Waals surface area contributed by atoms with Gasteiger partial charge in [-0.1, -0.05) is 18.2 Å². The van der Waals surface area contributed by atoms with Gasteiger partial charge in [-0.2, -0.15) is 12.6 Å². The number of hydrogen-bond acceptors (Lipinski definition) is 3. The van der Waals surface area contributed by atoms with Crippen LogP contribution in [0, 0.1) is 6.92 Å². The van der Waals surface area contributed by atoms with Gasteiger partial charge < -0.3 is 5.11 Å². The Bertz CT molecular complexity index is 334. The minimum Gasteiger partial charge on any atom is -0.392 e. The van der Waals surface area contributed by atoms with E-state index in [2.05, 4.69) is 12.6 Å². The maximum atomic E-state index is 11.2. The summed E-state index contributed by atoms with van der Waals surface area (Å²) in [5.41, 5.74) is 2.87.